The van der Waals surface area contributed by atoms with Gasteiger partial charge in [-0.1, -0.05) is 13.8 Å². The fourth-order valence-electron chi connectivity index (χ4n) is 1.34. The van der Waals surface area contributed by atoms with Crippen molar-refractivity contribution < 1.29 is 14.3 Å². The van der Waals surface area contributed by atoms with Gasteiger partial charge in [0.2, 0.25) is 5.91 Å². The highest BCUT2D eigenvalue weighted by atomic mass is 16.5. The largest absolute Gasteiger partial charge is 0.466 e. The van der Waals surface area contributed by atoms with Gasteiger partial charge in [-0.3, -0.25) is 9.59 Å². The molecule has 0 aromatic carbocycles. The van der Waals surface area contributed by atoms with E-state index < -0.39 is 0 Å². The monoisotopic (exact) mass is 258 g/mol. The molecule has 0 aliphatic heterocycles. The third-order valence-electron chi connectivity index (χ3n) is 2.69. The molecule has 0 saturated heterocycles. The Morgan fingerprint density at radius 3 is 2.44 bits per heavy atom. The molecule has 0 radical (unpaired) electrons. The number of amides is 1. The fraction of sp³-hybridized carbons (Fsp3) is 0.846. The molecule has 18 heavy (non-hydrogen) atoms. The number of hydrogen-bond donors (Lipinski definition) is 2. The van der Waals surface area contributed by atoms with E-state index in [0.29, 0.717) is 26.1 Å². The summed E-state index contributed by atoms with van der Waals surface area (Å²) in [5.74, 6) is -0.336. The van der Waals surface area contributed by atoms with E-state index in [9.17, 15) is 9.59 Å². The van der Waals surface area contributed by atoms with Gasteiger partial charge in [-0.15, -0.1) is 0 Å². The van der Waals surface area contributed by atoms with Gasteiger partial charge >= 0.3 is 5.97 Å². The summed E-state index contributed by atoms with van der Waals surface area (Å²) in [4.78, 5) is 22.8. The van der Waals surface area contributed by atoms with Crippen LogP contribution >= 0.6 is 0 Å². The van der Waals surface area contributed by atoms with Crippen molar-refractivity contribution in [1.29, 1.82) is 0 Å². The summed E-state index contributed by atoms with van der Waals surface area (Å²) >= 11 is 0. The SMILES string of the molecule is CCOC(=O)C(C)CNCCC(=O)NC(C)CC. The van der Waals surface area contributed by atoms with Gasteiger partial charge in [0.1, 0.15) is 0 Å². The van der Waals surface area contributed by atoms with Gasteiger partial charge in [-0.25, -0.2) is 0 Å². The molecule has 0 aliphatic rings. The van der Waals surface area contributed by atoms with Crippen LogP contribution < -0.4 is 10.6 Å². The fourth-order valence-corrected chi connectivity index (χ4v) is 1.34. The van der Waals surface area contributed by atoms with Crippen LogP contribution in [0.15, 0.2) is 0 Å². The highest BCUT2D eigenvalue weighted by molar-refractivity contribution is 5.76. The molecular weight excluding hydrogens is 232 g/mol. The Bertz CT molecular complexity index is 257. The van der Waals surface area contributed by atoms with Crippen LogP contribution in [0.5, 0.6) is 0 Å². The van der Waals surface area contributed by atoms with Crippen LogP contribution in [-0.4, -0.2) is 37.6 Å². The van der Waals surface area contributed by atoms with Gasteiger partial charge in [0.25, 0.3) is 0 Å². The molecule has 0 aromatic heterocycles. The molecule has 0 spiro atoms. The summed E-state index contributed by atoms with van der Waals surface area (Å²) in [6.45, 7) is 9.13. The summed E-state index contributed by atoms with van der Waals surface area (Å²) < 4.78 is 4.89. The molecule has 5 nitrogen and oxygen atoms in total. The first-order valence-electron chi connectivity index (χ1n) is 6.67. The second-order valence-electron chi connectivity index (χ2n) is 4.48. The van der Waals surface area contributed by atoms with Crippen LogP contribution in [0.4, 0.5) is 0 Å². The molecule has 0 aromatic rings. The Hall–Kier alpha value is -1.10. The number of ether oxygens (including phenoxy) is 1. The van der Waals surface area contributed by atoms with Crippen molar-refractivity contribution in [2.45, 2.75) is 46.6 Å². The van der Waals surface area contributed by atoms with E-state index in [4.69, 9.17) is 4.74 Å². The maximum atomic E-state index is 11.5. The van der Waals surface area contributed by atoms with E-state index in [0.717, 1.165) is 6.42 Å². The maximum absolute atomic E-state index is 11.5. The van der Waals surface area contributed by atoms with E-state index in [2.05, 4.69) is 10.6 Å². The van der Waals surface area contributed by atoms with Crippen LogP contribution in [0.2, 0.25) is 0 Å². The van der Waals surface area contributed by atoms with Crippen molar-refractivity contribution >= 4 is 11.9 Å². The van der Waals surface area contributed by atoms with Crippen LogP contribution in [0.25, 0.3) is 0 Å². The summed E-state index contributed by atoms with van der Waals surface area (Å²) in [6.07, 6.45) is 1.36. The summed E-state index contributed by atoms with van der Waals surface area (Å²) in [5.41, 5.74) is 0. The zero-order valence-corrected chi connectivity index (χ0v) is 11.9. The third kappa shape index (κ3) is 8.06. The number of hydrogen-bond acceptors (Lipinski definition) is 4. The molecule has 0 aliphatic carbocycles. The van der Waals surface area contributed by atoms with Crippen LogP contribution in [0, 0.1) is 5.92 Å². The number of carbonyl (C=O) groups excluding carboxylic acids is 2. The predicted molar refractivity (Wildman–Crippen MR) is 71.2 cm³/mol. The lowest BCUT2D eigenvalue weighted by atomic mass is 10.2. The number of carbonyl (C=O) groups is 2. The Morgan fingerprint density at radius 1 is 1.22 bits per heavy atom. The Labute approximate surface area is 110 Å². The number of esters is 1. The van der Waals surface area contributed by atoms with Crippen molar-refractivity contribution in [3.8, 4) is 0 Å². The predicted octanol–water partition coefficient (Wildman–Crippen LogP) is 1.08. The first-order valence-corrected chi connectivity index (χ1v) is 6.67. The van der Waals surface area contributed by atoms with Gasteiger partial charge in [-0.05, 0) is 20.3 Å². The minimum atomic E-state index is -0.200. The van der Waals surface area contributed by atoms with Crippen LogP contribution in [0.1, 0.15) is 40.5 Å². The van der Waals surface area contributed by atoms with E-state index in [1.807, 2.05) is 20.8 Å². The molecular formula is C13H26N2O3. The van der Waals surface area contributed by atoms with Gasteiger partial charge in [0.05, 0.1) is 12.5 Å². The standard InChI is InChI=1S/C13H26N2O3/c1-5-11(4)15-12(16)7-8-14-9-10(3)13(17)18-6-2/h10-11,14H,5-9H2,1-4H3,(H,15,16). The van der Waals surface area contributed by atoms with Gasteiger partial charge in [0, 0.05) is 25.6 Å². The van der Waals surface area contributed by atoms with Crippen molar-refractivity contribution in [2.24, 2.45) is 5.92 Å². The van der Waals surface area contributed by atoms with E-state index in [1.165, 1.54) is 0 Å². The van der Waals surface area contributed by atoms with E-state index in [-0.39, 0.29) is 23.8 Å². The Morgan fingerprint density at radius 2 is 1.89 bits per heavy atom. The zero-order chi connectivity index (χ0) is 14.0. The third-order valence-corrected chi connectivity index (χ3v) is 2.69. The van der Waals surface area contributed by atoms with Crippen molar-refractivity contribution in [3.05, 3.63) is 0 Å². The topological polar surface area (TPSA) is 67.4 Å². The lowest BCUT2D eigenvalue weighted by Gasteiger charge is -2.13. The van der Waals surface area contributed by atoms with Crippen molar-refractivity contribution in [1.82, 2.24) is 10.6 Å². The van der Waals surface area contributed by atoms with Gasteiger partial charge in [-0.2, -0.15) is 0 Å². The highest BCUT2D eigenvalue weighted by Gasteiger charge is 2.13. The lowest BCUT2D eigenvalue weighted by Crippen LogP contribution is -2.35. The summed E-state index contributed by atoms with van der Waals surface area (Å²) in [7, 11) is 0. The van der Waals surface area contributed by atoms with Gasteiger partial charge in [0.15, 0.2) is 0 Å². The molecule has 2 atom stereocenters. The van der Waals surface area contributed by atoms with Crippen LogP contribution in [-0.2, 0) is 14.3 Å². The Balaban J connectivity index is 3.61. The maximum Gasteiger partial charge on any atom is 0.309 e. The summed E-state index contributed by atoms with van der Waals surface area (Å²) in [5, 5.41) is 5.98. The van der Waals surface area contributed by atoms with Gasteiger partial charge < -0.3 is 15.4 Å². The normalized spacial score (nSPS) is 13.8. The van der Waals surface area contributed by atoms with Crippen molar-refractivity contribution in [3.63, 3.8) is 0 Å². The number of nitrogens with one attached hydrogen (secondary N) is 2. The quantitative estimate of drug-likeness (QED) is 0.480. The minimum absolute atomic E-state index is 0.0423. The average Bonchev–Trinajstić information content (AvgIpc) is 2.34. The number of rotatable bonds is 9. The average molecular weight is 258 g/mol. The van der Waals surface area contributed by atoms with Crippen molar-refractivity contribution in [2.75, 3.05) is 19.7 Å². The zero-order valence-electron chi connectivity index (χ0n) is 11.9. The highest BCUT2D eigenvalue weighted by Crippen LogP contribution is 1.96. The molecule has 0 saturated carbocycles. The minimum Gasteiger partial charge on any atom is -0.466 e. The molecule has 0 heterocycles. The Kier molecular flexibility index (Phi) is 9.28. The first kappa shape index (κ1) is 16.9. The molecule has 0 bridgehead atoms. The molecule has 2 unspecified atom stereocenters. The van der Waals surface area contributed by atoms with E-state index >= 15 is 0 Å². The molecule has 1 amide bonds. The van der Waals surface area contributed by atoms with E-state index in [1.54, 1.807) is 6.92 Å². The first-order chi connectivity index (χ1) is 8.51. The lowest BCUT2D eigenvalue weighted by molar-refractivity contribution is -0.147. The molecule has 0 rings (SSSR count). The molecule has 0 fully saturated rings. The smallest absolute Gasteiger partial charge is 0.309 e. The van der Waals surface area contributed by atoms with Crippen LogP contribution in [0.3, 0.4) is 0 Å². The summed E-state index contributed by atoms with van der Waals surface area (Å²) in [6, 6.07) is 0.218. The second-order valence-corrected chi connectivity index (χ2v) is 4.48. The molecule has 106 valence electrons. The second kappa shape index (κ2) is 9.88. The molecule has 2 N–H and O–H groups in total. The molecule has 5 heteroatoms.